The van der Waals surface area contributed by atoms with Crippen molar-refractivity contribution in [3.8, 4) is 5.75 Å². The molecular weight excluding hydrogens is 312 g/mol. The molecule has 0 aliphatic heterocycles. The Morgan fingerprint density at radius 2 is 1.96 bits per heavy atom. The molecule has 2 rings (SSSR count). The Balaban J connectivity index is 1.95. The van der Waals surface area contributed by atoms with Crippen molar-refractivity contribution >= 4 is 23.2 Å². The lowest BCUT2D eigenvalue weighted by Crippen LogP contribution is -2.39. The summed E-state index contributed by atoms with van der Waals surface area (Å²) in [6.07, 6.45) is 0. The lowest BCUT2D eigenvalue weighted by atomic mass is 10.1. The quantitative estimate of drug-likeness (QED) is 0.874. The third-order valence-corrected chi connectivity index (χ3v) is 3.96. The smallest absolute Gasteiger partial charge is 0.241 e. The largest absolute Gasteiger partial charge is 0.497 e. The molecule has 1 amide bonds. The highest BCUT2D eigenvalue weighted by atomic mass is 35.5. The van der Waals surface area contributed by atoms with Crippen LogP contribution in [0, 0.1) is 0 Å². The maximum absolute atomic E-state index is 12.3. The van der Waals surface area contributed by atoms with E-state index in [4.69, 9.17) is 16.3 Å². The highest BCUT2D eigenvalue weighted by Crippen LogP contribution is 2.17. The second-order valence-corrected chi connectivity index (χ2v) is 5.88. The number of carbonyl (C=O) groups excluding carboxylic acids is 1. The number of rotatable bonds is 6. The van der Waals surface area contributed by atoms with Crippen molar-refractivity contribution in [2.24, 2.45) is 0 Å². The maximum atomic E-state index is 12.3. The van der Waals surface area contributed by atoms with Crippen molar-refractivity contribution < 1.29 is 9.53 Å². The van der Waals surface area contributed by atoms with Gasteiger partial charge in [0.2, 0.25) is 5.91 Å². The van der Waals surface area contributed by atoms with Gasteiger partial charge in [-0.05, 0) is 49.9 Å². The first kappa shape index (κ1) is 17.3. The molecule has 0 aromatic heterocycles. The van der Waals surface area contributed by atoms with Gasteiger partial charge in [-0.1, -0.05) is 29.8 Å². The average Bonchev–Trinajstić information content (AvgIpc) is 2.54. The maximum Gasteiger partial charge on any atom is 0.241 e. The predicted molar refractivity (Wildman–Crippen MR) is 94.0 cm³/mol. The first-order valence-corrected chi connectivity index (χ1v) is 7.77. The van der Waals surface area contributed by atoms with Gasteiger partial charge in [0.1, 0.15) is 5.75 Å². The molecule has 1 N–H and O–H groups in total. The van der Waals surface area contributed by atoms with Crippen molar-refractivity contribution in [2.75, 3.05) is 19.5 Å². The lowest BCUT2D eigenvalue weighted by molar-refractivity contribution is -0.120. The summed E-state index contributed by atoms with van der Waals surface area (Å²) in [4.78, 5) is 14.3. The van der Waals surface area contributed by atoms with Crippen LogP contribution in [0.25, 0.3) is 0 Å². The van der Waals surface area contributed by atoms with Crippen LogP contribution in [0.1, 0.15) is 12.5 Å². The molecule has 4 nitrogen and oxygen atoms in total. The van der Waals surface area contributed by atoms with Gasteiger partial charge >= 0.3 is 0 Å². The Hall–Kier alpha value is -2.04. The summed E-state index contributed by atoms with van der Waals surface area (Å²) in [6.45, 7) is 2.55. The molecule has 122 valence electrons. The number of nitrogens with zero attached hydrogens (tertiary/aromatic N) is 1. The van der Waals surface area contributed by atoms with Crippen molar-refractivity contribution in [3.05, 3.63) is 59.1 Å². The molecule has 2 aromatic rings. The van der Waals surface area contributed by atoms with Crippen molar-refractivity contribution in [3.63, 3.8) is 0 Å². The number of methoxy groups -OCH3 is 1. The lowest BCUT2D eigenvalue weighted by Gasteiger charge is -2.24. The molecular formula is C18H21ClN2O2. The number of carbonyl (C=O) groups is 1. The van der Waals surface area contributed by atoms with E-state index in [-0.39, 0.29) is 11.9 Å². The van der Waals surface area contributed by atoms with E-state index >= 15 is 0 Å². The van der Waals surface area contributed by atoms with Gasteiger partial charge < -0.3 is 10.1 Å². The molecule has 1 atom stereocenters. The van der Waals surface area contributed by atoms with Gasteiger partial charge in [-0.2, -0.15) is 0 Å². The summed E-state index contributed by atoms with van der Waals surface area (Å²) in [5, 5.41) is 3.48. The van der Waals surface area contributed by atoms with Crippen LogP contribution in [0.5, 0.6) is 5.75 Å². The standard InChI is InChI=1S/C18H21ClN2O2/c1-13(18(22)20-16-6-4-5-15(19)11-16)21(2)12-14-7-9-17(23-3)10-8-14/h4-11,13H,12H2,1-3H3,(H,20,22)/t13-/m0/s1. The zero-order valence-corrected chi connectivity index (χ0v) is 14.3. The fraction of sp³-hybridized carbons (Fsp3) is 0.278. The van der Waals surface area contributed by atoms with Crippen LogP contribution >= 0.6 is 11.6 Å². The molecule has 0 aliphatic rings. The fourth-order valence-electron chi connectivity index (χ4n) is 2.17. The molecule has 0 spiro atoms. The highest BCUT2D eigenvalue weighted by molar-refractivity contribution is 6.30. The number of amides is 1. The van der Waals surface area contributed by atoms with Crippen molar-refractivity contribution in [1.82, 2.24) is 4.90 Å². The van der Waals surface area contributed by atoms with Gasteiger partial charge in [-0.25, -0.2) is 0 Å². The van der Waals surface area contributed by atoms with Crippen LogP contribution in [0.3, 0.4) is 0 Å². The minimum atomic E-state index is -0.268. The molecule has 0 unspecified atom stereocenters. The van der Waals surface area contributed by atoms with E-state index in [2.05, 4.69) is 5.32 Å². The van der Waals surface area contributed by atoms with Gasteiger partial charge in [0.25, 0.3) is 0 Å². The third kappa shape index (κ3) is 4.98. The number of halogens is 1. The van der Waals surface area contributed by atoms with E-state index in [9.17, 15) is 4.79 Å². The molecule has 0 saturated carbocycles. The van der Waals surface area contributed by atoms with Crippen LogP contribution in [-0.2, 0) is 11.3 Å². The molecule has 23 heavy (non-hydrogen) atoms. The second-order valence-electron chi connectivity index (χ2n) is 5.44. The summed E-state index contributed by atoms with van der Waals surface area (Å²) in [7, 11) is 3.57. The van der Waals surface area contributed by atoms with Crippen molar-refractivity contribution in [2.45, 2.75) is 19.5 Å². The monoisotopic (exact) mass is 332 g/mol. The van der Waals surface area contributed by atoms with Gasteiger partial charge in [-0.3, -0.25) is 9.69 Å². The van der Waals surface area contributed by atoms with Gasteiger partial charge in [0, 0.05) is 17.3 Å². The van der Waals surface area contributed by atoms with E-state index in [1.165, 1.54) is 0 Å². The molecule has 2 aromatic carbocycles. The normalized spacial score (nSPS) is 12.0. The van der Waals surface area contributed by atoms with Crippen LogP contribution in [0.15, 0.2) is 48.5 Å². The molecule has 0 bridgehead atoms. The molecule has 0 saturated heterocycles. The van der Waals surface area contributed by atoms with E-state index in [1.54, 1.807) is 19.2 Å². The summed E-state index contributed by atoms with van der Waals surface area (Å²) in [6, 6.07) is 14.7. The summed E-state index contributed by atoms with van der Waals surface area (Å²) >= 11 is 5.93. The van der Waals surface area contributed by atoms with E-state index < -0.39 is 0 Å². The Morgan fingerprint density at radius 1 is 1.26 bits per heavy atom. The number of hydrogen-bond acceptors (Lipinski definition) is 3. The first-order chi connectivity index (χ1) is 11.0. The number of benzene rings is 2. The Bertz CT molecular complexity index is 658. The van der Waals surface area contributed by atoms with Gasteiger partial charge in [0.05, 0.1) is 13.2 Å². The van der Waals surface area contributed by atoms with Crippen LogP contribution in [-0.4, -0.2) is 31.0 Å². The predicted octanol–water partition coefficient (Wildman–Crippen LogP) is 3.81. The molecule has 0 heterocycles. The first-order valence-electron chi connectivity index (χ1n) is 7.39. The summed E-state index contributed by atoms with van der Waals surface area (Å²) in [5.41, 5.74) is 1.82. The second kappa shape index (κ2) is 7.99. The van der Waals surface area contributed by atoms with Gasteiger partial charge in [0.15, 0.2) is 0 Å². The number of anilines is 1. The molecule has 5 heteroatoms. The highest BCUT2D eigenvalue weighted by Gasteiger charge is 2.18. The number of likely N-dealkylation sites (N-methyl/N-ethyl adjacent to an activating group) is 1. The number of hydrogen-bond donors (Lipinski definition) is 1. The third-order valence-electron chi connectivity index (χ3n) is 3.72. The Morgan fingerprint density at radius 3 is 2.57 bits per heavy atom. The number of ether oxygens (including phenoxy) is 1. The Labute approximate surface area is 142 Å². The van der Waals surface area contributed by atoms with Crippen LogP contribution in [0.2, 0.25) is 5.02 Å². The SMILES string of the molecule is COc1ccc(CN(C)[C@@H](C)C(=O)Nc2cccc(Cl)c2)cc1. The average molecular weight is 333 g/mol. The van der Waals surface area contributed by atoms with Crippen molar-refractivity contribution in [1.29, 1.82) is 0 Å². The molecule has 0 fully saturated rings. The molecule has 0 aliphatic carbocycles. The summed E-state index contributed by atoms with van der Waals surface area (Å²) < 4.78 is 5.15. The zero-order valence-electron chi connectivity index (χ0n) is 13.5. The van der Waals surface area contributed by atoms with E-state index in [1.807, 2.05) is 55.3 Å². The summed E-state index contributed by atoms with van der Waals surface area (Å²) in [5.74, 6) is 0.756. The number of nitrogens with one attached hydrogen (secondary N) is 1. The fourth-order valence-corrected chi connectivity index (χ4v) is 2.36. The van der Waals surface area contributed by atoms with E-state index in [0.717, 1.165) is 11.3 Å². The Kier molecular flexibility index (Phi) is 6.02. The van der Waals surface area contributed by atoms with Crippen LogP contribution < -0.4 is 10.1 Å². The van der Waals surface area contributed by atoms with E-state index in [0.29, 0.717) is 17.3 Å². The zero-order chi connectivity index (χ0) is 16.8. The minimum Gasteiger partial charge on any atom is -0.497 e. The van der Waals surface area contributed by atoms with Crippen LogP contribution in [0.4, 0.5) is 5.69 Å². The topological polar surface area (TPSA) is 41.6 Å². The minimum absolute atomic E-state index is 0.0664. The van der Waals surface area contributed by atoms with Gasteiger partial charge in [-0.15, -0.1) is 0 Å². The molecule has 0 radical (unpaired) electrons.